The number of para-hydroxylation sites is 1. The van der Waals surface area contributed by atoms with E-state index >= 15 is 0 Å². The van der Waals surface area contributed by atoms with E-state index in [0.29, 0.717) is 23.1 Å². The first-order chi connectivity index (χ1) is 13.9. The second-order valence-electron chi connectivity index (χ2n) is 7.48. The second-order valence-corrected chi connectivity index (χ2v) is 8.42. The topological polar surface area (TPSA) is 107 Å². The van der Waals surface area contributed by atoms with Gasteiger partial charge in [0.1, 0.15) is 5.82 Å². The normalized spacial score (nSPS) is 11.4. The highest BCUT2D eigenvalue weighted by Crippen LogP contribution is 2.25. The molecular formula is C21H27N5O2S. The van der Waals surface area contributed by atoms with Crippen LogP contribution < -0.4 is 5.73 Å². The number of aryl methyl sites for hydroxylation is 2. The van der Waals surface area contributed by atoms with Gasteiger partial charge >= 0.3 is 0 Å². The molecule has 3 rings (SSSR count). The molecule has 0 radical (unpaired) electrons. The number of nitrogens with one attached hydrogen (secondary N) is 1. The number of rotatable bonds is 10. The molecule has 2 aromatic heterocycles. The van der Waals surface area contributed by atoms with Gasteiger partial charge in [0.15, 0.2) is 10.9 Å². The van der Waals surface area contributed by atoms with Crippen molar-refractivity contribution < 1.29 is 9.59 Å². The third-order valence-corrected chi connectivity index (χ3v) is 5.72. The molecule has 154 valence electrons. The lowest BCUT2D eigenvalue weighted by molar-refractivity contribution is -0.118. The van der Waals surface area contributed by atoms with Gasteiger partial charge in [0.25, 0.3) is 0 Å². The van der Waals surface area contributed by atoms with Crippen molar-refractivity contribution in [1.29, 1.82) is 0 Å². The number of aromatic amines is 1. The highest BCUT2D eigenvalue weighted by Gasteiger charge is 2.18. The van der Waals surface area contributed by atoms with Gasteiger partial charge in [-0.3, -0.25) is 9.59 Å². The van der Waals surface area contributed by atoms with Gasteiger partial charge in [0.05, 0.1) is 5.75 Å². The molecule has 0 atom stereocenters. The van der Waals surface area contributed by atoms with E-state index in [4.69, 9.17) is 5.73 Å². The van der Waals surface area contributed by atoms with Crippen LogP contribution in [0.5, 0.6) is 0 Å². The minimum absolute atomic E-state index is 0.0484. The first-order valence-corrected chi connectivity index (χ1v) is 10.8. The van der Waals surface area contributed by atoms with Crippen LogP contribution in [0.2, 0.25) is 0 Å². The van der Waals surface area contributed by atoms with Gasteiger partial charge < -0.3 is 15.3 Å². The van der Waals surface area contributed by atoms with Crippen LogP contribution in [0, 0.1) is 5.92 Å². The predicted octanol–water partition coefficient (Wildman–Crippen LogP) is 3.37. The number of hydrogen-bond acceptors (Lipinski definition) is 5. The largest absolute Gasteiger partial charge is 0.370 e. The number of carbonyl (C=O) groups excluding carboxylic acids is 2. The van der Waals surface area contributed by atoms with E-state index in [0.717, 1.165) is 29.7 Å². The molecule has 3 aromatic rings. The monoisotopic (exact) mass is 413 g/mol. The van der Waals surface area contributed by atoms with Gasteiger partial charge in [-0.05, 0) is 17.9 Å². The number of fused-ring (bicyclic) bond motifs is 1. The average molecular weight is 414 g/mol. The number of carbonyl (C=O) groups is 2. The summed E-state index contributed by atoms with van der Waals surface area (Å²) in [5.74, 6) is 1.07. The molecule has 0 spiro atoms. The van der Waals surface area contributed by atoms with E-state index in [1.54, 1.807) is 6.20 Å². The highest BCUT2D eigenvalue weighted by atomic mass is 32.2. The van der Waals surface area contributed by atoms with Crippen molar-refractivity contribution in [2.75, 3.05) is 5.75 Å². The molecule has 0 bridgehead atoms. The zero-order valence-electron chi connectivity index (χ0n) is 17.1. The van der Waals surface area contributed by atoms with E-state index in [2.05, 4.69) is 42.0 Å². The zero-order chi connectivity index (χ0) is 21.0. The highest BCUT2D eigenvalue weighted by molar-refractivity contribution is 7.99. The number of nitrogens with two attached hydrogens (primary N) is 1. The maximum absolute atomic E-state index is 12.9. The maximum atomic E-state index is 12.9. The number of Topliss-reactive ketones (excluding diaryl/α,β-unsaturated/α-hetero) is 1. The Morgan fingerprint density at radius 3 is 2.76 bits per heavy atom. The Balaban J connectivity index is 1.77. The molecule has 0 saturated carbocycles. The Labute approximate surface area is 174 Å². The smallest absolute Gasteiger partial charge is 0.217 e. The van der Waals surface area contributed by atoms with Gasteiger partial charge in [-0.1, -0.05) is 50.7 Å². The minimum atomic E-state index is -0.362. The number of H-pyrrole nitrogens is 1. The summed E-state index contributed by atoms with van der Waals surface area (Å²) in [4.78, 5) is 27.3. The van der Waals surface area contributed by atoms with E-state index in [1.807, 2.05) is 16.7 Å². The van der Waals surface area contributed by atoms with Crippen molar-refractivity contribution in [2.24, 2.45) is 11.7 Å². The molecule has 8 heteroatoms. The lowest BCUT2D eigenvalue weighted by Gasteiger charge is -2.12. The van der Waals surface area contributed by atoms with Crippen LogP contribution in [0.1, 0.15) is 48.9 Å². The van der Waals surface area contributed by atoms with Crippen molar-refractivity contribution >= 4 is 34.4 Å². The molecule has 0 fully saturated rings. The van der Waals surface area contributed by atoms with Crippen molar-refractivity contribution in [2.45, 2.75) is 51.7 Å². The number of benzene rings is 1. The fourth-order valence-electron chi connectivity index (χ4n) is 3.34. The summed E-state index contributed by atoms with van der Waals surface area (Å²) in [6, 6.07) is 6.04. The number of ketones is 1. The van der Waals surface area contributed by atoms with E-state index in [1.165, 1.54) is 17.3 Å². The lowest BCUT2D eigenvalue weighted by Crippen LogP contribution is -2.15. The fraction of sp³-hybridized carbons (Fsp3) is 0.429. The number of amides is 1. The van der Waals surface area contributed by atoms with E-state index < -0.39 is 0 Å². The van der Waals surface area contributed by atoms with Gasteiger partial charge in [0, 0.05) is 42.0 Å². The summed E-state index contributed by atoms with van der Waals surface area (Å²) in [7, 11) is 0. The summed E-state index contributed by atoms with van der Waals surface area (Å²) >= 11 is 1.38. The van der Waals surface area contributed by atoms with E-state index in [9.17, 15) is 9.59 Å². The molecule has 1 amide bonds. The van der Waals surface area contributed by atoms with Gasteiger partial charge in [-0.2, -0.15) is 0 Å². The zero-order valence-corrected chi connectivity index (χ0v) is 17.9. The van der Waals surface area contributed by atoms with E-state index in [-0.39, 0.29) is 23.9 Å². The fourth-order valence-corrected chi connectivity index (χ4v) is 4.19. The Morgan fingerprint density at radius 1 is 1.28 bits per heavy atom. The Kier molecular flexibility index (Phi) is 6.74. The van der Waals surface area contributed by atoms with Crippen LogP contribution >= 0.6 is 11.8 Å². The SMILES string of the molecule is CCc1cccc2c(C(=O)CSc3nnc(CCC(N)=O)n3CC(C)C)c[nH]c12. The van der Waals surface area contributed by atoms with Crippen LogP contribution in [0.4, 0.5) is 0 Å². The van der Waals surface area contributed by atoms with Crippen LogP contribution in [-0.4, -0.2) is 37.2 Å². The predicted molar refractivity (Wildman–Crippen MR) is 115 cm³/mol. The van der Waals surface area contributed by atoms with Gasteiger partial charge in [-0.25, -0.2) is 0 Å². The molecule has 7 nitrogen and oxygen atoms in total. The summed E-state index contributed by atoms with van der Waals surface area (Å²) in [6.45, 7) is 7.04. The summed E-state index contributed by atoms with van der Waals surface area (Å²) in [6.07, 6.45) is 3.39. The van der Waals surface area contributed by atoms with Gasteiger partial charge in [-0.15, -0.1) is 10.2 Å². The number of nitrogens with zero attached hydrogens (tertiary/aromatic N) is 3. The van der Waals surface area contributed by atoms with Crippen molar-refractivity contribution in [3.05, 3.63) is 41.3 Å². The number of thioether (sulfide) groups is 1. The molecule has 0 aliphatic rings. The van der Waals surface area contributed by atoms with Gasteiger partial charge in [0.2, 0.25) is 5.91 Å². The summed E-state index contributed by atoms with van der Waals surface area (Å²) in [5, 5.41) is 10.1. The maximum Gasteiger partial charge on any atom is 0.217 e. The van der Waals surface area contributed by atoms with Crippen LogP contribution in [0.3, 0.4) is 0 Å². The number of hydrogen-bond donors (Lipinski definition) is 2. The molecule has 0 aliphatic carbocycles. The molecule has 0 unspecified atom stereocenters. The molecule has 1 aromatic carbocycles. The Morgan fingerprint density at radius 2 is 2.07 bits per heavy atom. The molecule has 29 heavy (non-hydrogen) atoms. The summed E-state index contributed by atoms with van der Waals surface area (Å²) < 4.78 is 2.00. The van der Waals surface area contributed by atoms with Crippen LogP contribution in [0.15, 0.2) is 29.6 Å². The standard InChI is InChI=1S/C21H27N5O2S/c1-4-14-6-5-7-15-16(10-23-20(14)15)17(27)12-29-21-25-24-19(9-8-18(22)28)26(21)11-13(2)3/h5-7,10,13,23H,4,8-9,11-12H2,1-3H3,(H2,22,28). The molecule has 3 N–H and O–H groups in total. The van der Waals surface area contributed by atoms with Crippen molar-refractivity contribution in [1.82, 2.24) is 19.7 Å². The second kappa shape index (κ2) is 9.26. The van der Waals surface area contributed by atoms with Crippen molar-refractivity contribution in [3.8, 4) is 0 Å². The molecule has 2 heterocycles. The van der Waals surface area contributed by atoms with Crippen molar-refractivity contribution in [3.63, 3.8) is 0 Å². The lowest BCUT2D eigenvalue weighted by atomic mass is 10.1. The number of primary amides is 1. The molecule has 0 aliphatic heterocycles. The van der Waals surface area contributed by atoms with Crippen LogP contribution in [-0.2, 0) is 24.2 Å². The first kappa shape index (κ1) is 21.1. The summed E-state index contributed by atoms with van der Waals surface area (Å²) in [5.41, 5.74) is 8.20. The quantitative estimate of drug-likeness (QED) is 0.391. The Hall–Kier alpha value is -2.61. The van der Waals surface area contributed by atoms with Crippen LogP contribution in [0.25, 0.3) is 10.9 Å². The first-order valence-electron chi connectivity index (χ1n) is 9.86. The molecule has 0 saturated heterocycles. The minimum Gasteiger partial charge on any atom is -0.370 e. The Bertz CT molecular complexity index is 1020. The average Bonchev–Trinajstić information content (AvgIpc) is 3.28. The third kappa shape index (κ3) is 4.87. The molecular weight excluding hydrogens is 386 g/mol. The number of aromatic nitrogens is 4. The third-order valence-electron chi connectivity index (χ3n) is 4.75.